The van der Waals surface area contributed by atoms with Crippen LogP contribution in [0.4, 0.5) is 5.69 Å². The normalized spacial score (nSPS) is 12.6. The standard InChI is InChI=1S/C28H24N4O4/c1-2-36-28(35)17-7-10-20(11-8-17)31-25(29)18-9-12-24-23(15-18)19(16-30-24)13-14-32-26(33)21-5-3-4-6-22(21)27(32)34/h3-12,15-16,30H,2,13-14H2,1H3,(H2,29,31). The predicted octanol–water partition coefficient (Wildman–Crippen LogP) is 4.62. The molecule has 2 amide bonds. The second-order valence-corrected chi connectivity index (χ2v) is 8.43. The number of rotatable bonds is 7. The molecule has 36 heavy (non-hydrogen) atoms. The highest BCUT2D eigenvalue weighted by Gasteiger charge is 2.34. The third-order valence-corrected chi connectivity index (χ3v) is 6.20. The number of nitrogens with zero attached hydrogens (tertiary/aromatic N) is 1. The maximum absolute atomic E-state index is 12.7. The fourth-order valence-electron chi connectivity index (χ4n) is 4.34. The Labute approximate surface area is 207 Å². The number of hydrogen-bond acceptors (Lipinski definition) is 5. The number of carbonyl (C=O) groups is 3. The van der Waals surface area contributed by atoms with Gasteiger partial charge in [0.1, 0.15) is 5.84 Å². The van der Waals surface area contributed by atoms with E-state index < -0.39 is 0 Å². The van der Waals surface area contributed by atoms with Gasteiger partial charge >= 0.3 is 5.97 Å². The van der Waals surface area contributed by atoms with Gasteiger partial charge < -0.3 is 15.0 Å². The quantitative estimate of drug-likeness (QED) is 0.155. The van der Waals surface area contributed by atoms with Gasteiger partial charge in [0.25, 0.3) is 11.8 Å². The summed E-state index contributed by atoms with van der Waals surface area (Å²) in [7, 11) is 0. The van der Waals surface area contributed by atoms with E-state index in [1.807, 2.05) is 24.4 Å². The summed E-state index contributed by atoms with van der Waals surface area (Å²) < 4.78 is 5.00. The molecule has 8 nitrogen and oxygen atoms in total. The van der Waals surface area contributed by atoms with Gasteiger partial charge in [-0.15, -0.1) is 0 Å². The van der Waals surface area contributed by atoms with Gasteiger partial charge in [-0.2, -0.15) is 0 Å². The zero-order valence-corrected chi connectivity index (χ0v) is 19.6. The van der Waals surface area contributed by atoms with Crippen LogP contribution in [0.2, 0.25) is 0 Å². The molecule has 5 rings (SSSR count). The van der Waals surface area contributed by atoms with Gasteiger partial charge in [-0.25, -0.2) is 4.79 Å². The number of fused-ring (bicyclic) bond motifs is 2. The van der Waals surface area contributed by atoms with Gasteiger partial charge in [0.2, 0.25) is 0 Å². The number of esters is 1. The maximum atomic E-state index is 12.7. The lowest BCUT2D eigenvalue weighted by Gasteiger charge is -2.13. The van der Waals surface area contributed by atoms with Gasteiger partial charge in [-0.3, -0.25) is 19.9 Å². The summed E-state index contributed by atoms with van der Waals surface area (Å²) in [6, 6.07) is 19.3. The number of aromatic amines is 1. The van der Waals surface area contributed by atoms with E-state index in [1.165, 1.54) is 4.90 Å². The largest absolute Gasteiger partial charge is 0.462 e. The molecule has 1 aliphatic rings. The van der Waals surface area contributed by atoms with Crippen molar-refractivity contribution >= 4 is 40.2 Å². The Hall–Kier alpha value is -4.72. The van der Waals surface area contributed by atoms with Crippen LogP contribution in [0.15, 0.2) is 72.9 Å². The molecule has 8 heteroatoms. The number of hydrogen-bond donors (Lipinski definition) is 3. The van der Waals surface area contributed by atoms with Crippen LogP contribution in [0.3, 0.4) is 0 Å². The summed E-state index contributed by atoms with van der Waals surface area (Å²) in [6.07, 6.45) is 2.36. The van der Waals surface area contributed by atoms with Gasteiger partial charge in [0.15, 0.2) is 0 Å². The molecule has 0 aliphatic carbocycles. The number of H-pyrrole nitrogens is 1. The van der Waals surface area contributed by atoms with E-state index in [-0.39, 0.29) is 30.2 Å². The highest BCUT2D eigenvalue weighted by molar-refractivity contribution is 6.21. The van der Waals surface area contributed by atoms with E-state index in [0.29, 0.717) is 41.0 Å². The van der Waals surface area contributed by atoms with E-state index in [2.05, 4.69) is 10.3 Å². The van der Waals surface area contributed by atoms with Crippen molar-refractivity contribution in [3.63, 3.8) is 0 Å². The lowest BCUT2D eigenvalue weighted by Crippen LogP contribution is -2.31. The minimum absolute atomic E-state index is 0.202. The molecule has 3 aromatic carbocycles. The third-order valence-electron chi connectivity index (χ3n) is 6.20. The van der Waals surface area contributed by atoms with Gasteiger partial charge in [0, 0.05) is 34.9 Å². The molecule has 0 unspecified atom stereocenters. The van der Waals surface area contributed by atoms with E-state index in [1.54, 1.807) is 55.5 Å². The van der Waals surface area contributed by atoms with Crippen LogP contribution < -0.4 is 5.32 Å². The summed E-state index contributed by atoms with van der Waals surface area (Å²) in [5, 5.41) is 12.5. The minimum atomic E-state index is -0.384. The Bertz CT molecular complexity index is 1470. The SMILES string of the molecule is CCOC(=O)c1ccc(NC(=N)c2ccc3[nH]cc(CCN4C(=O)c5ccccc5C4=O)c3c2)cc1. The molecule has 0 bridgehead atoms. The van der Waals surface area contributed by atoms with Gasteiger partial charge in [-0.05, 0) is 73.5 Å². The number of anilines is 1. The molecule has 0 saturated carbocycles. The molecule has 180 valence electrons. The topological polar surface area (TPSA) is 115 Å². The van der Waals surface area contributed by atoms with Crippen LogP contribution in [0.5, 0.6) is 0 Å². The van der Waals surface area contributed by atoms with Gasteiger partial charge in [0.05, 0.1) is 23.3 Å². The van der Waals surface area contributed by atoms with Crippen LogP contribution in [-0.4, -0.2) is 46.7 Å². The van der Waals surface area contributed by atoms with E-state index in [4.69, 9.17) is 10.1 Å². The van der Waals surface area contributed by atoms with Crippen LogP contribution in [-0.2, 0) is 11.2 Å². The first-order chi connectivity index (χ1) is 17.5. The fraction of sp³-hybridized carbons (Fsp3) is 0.143. The van der Waals surface area contributed by atoms with E-state index in [9.17, 15) is 14.4 Å². The van der Waals surface area contributed by atoms with Crippen molar-refractivity contribution in [1.82, 2.24) is 9.88 Å². The number of imide groups is 1. The number of amidine groups is 1. The number of nitrogens with one attached hydrogen (secondary N) is 3. The van der Waals surface area contributed by atoms with E-state index in [0.717, 1.165) is 16.5 Å². The number of benzene rings is 3. The Morgan fingerprint density at radius 1 is 0.972 bits per heavy atom. The van der Waals surface area contributed by atoms with Crippen LogP contribution in [0.25, 0.3) is 10.9 Å². The Balaban J connectivity index is 1.29. The molecule has 1 aromatic heterocycles. The summed E-state index contributed by atoms with van der Waals surface area (Å²) in [5.74, 6) is -0.716. The molecule has 0 atom stereocenters. The Morgan fingerprint density at radius 2 is 1.64 bits per heavy atom. The predicted molar refractivity (Wildman–Crippen MR) is 137 cm³/mol. The molecule has 3 N–H and O–H groups in total. The van der Waals surface area contributed by atoms with Crippen molar-refractivity contribution in [2.45, 2.75) is 13.3 Å². The summed E-state index contributed by atoms with van der Waals surface area (Å²) >= 11 is 0. The monoisotopic (exact) mass is 480 g/mol. The Kier molecular flexibility index (Phi) is 6.08. The molecular weight excluding hydrogens is 456 g/mol. The van der Waals surface area contributed by atoms with Crippen molar-refractivity contribution in [2.75, 3.05) is 18.5 Å². The van der Waals surface area contributed by atoms with Crippen LogP contribution >= 0.6 is 0 Å². The molecule has 1 aliphatic heterocycles. The number of aromatic nitrogens is 1. The molecule has 0 saturated heterocycles. The highest BCUT2D eigenvalue weighted by Crippen LogP contribution is 2.25. The minimum Gasteiger partial charge on any atom is -0.462 e. The van der Waals surface area contributed by atoms with E-state index >= 15 is 0 Å². The first kappa shape index (κ1) is 23.0. The zero-order chi connectivity index (χ0) is 25.2. The average molecular weight is 481 g/mol. The van der Waals surface area contributed by atoms with Crippen molar-refractivity contribution < 1.29 is 19.1 Å². The zero-order valence-electron chi connectivity index (χ0n) is 19.6. The molecule has 2 heterocycles. The molecule has 4 aromatic rings. The van der Waals surface area contributed by atoms with Crippen molar-refractivity contribution in [2.24, 2.45) is 0 Å². The Morgan fingerprint density at radius 3 is 2.31 bits per heavy atom. The molecule has 0 fully saturated rings. The second-order valence-electron chi connectivity index (χ2n) is 8.43. The number of amides is 2. The first-order valence-electron chi connectivity index (χ1n) is 11.6. The molecular formula is C28H24N4O4. The molecule has 0 spiro atoms. The average Bonchev–Trinajstić information content (AvgIpc) is 3.41. The first-order valence-corrected chi connectivity index (χ1v) is 11.6. The van der Waals surface area contributed by atoms with Crippen LogP contribution in [0, 0.1) is 5.41 Å². The van der Waals surface area contributed by atoms with Gasteiger partial charge in [-0.1, -0.05) is 12.1 Å². The summed E-state index contributed by atoms with van der Waals surface area (Å²) in [6.45, 7) is 2.34. The number of carbonyl (C=O) groups excluding carboxylic acids is 3. The fourth-order valence-corrected chi connectivity index (χ4v) is 4.34. The maximum Gasteiger partial charge on any atom is 0.338 e. The highest BCUT2D eigenvalue weighted by atomic mass is 16.5. The summed E-state index contributed by atoms with van der Waals surface area (Å²) in [5.41, 5.74) is 4.55. The molecule has 0 radical (unpaired) electrons. The lowest BCUT2D eigenvalue weighted by atomic mass is 10.1. The van der Waals surface area contributed by atoms with Crippen molar-refractivity contribution in [1.29, 1.82) is 5.41 Å². The number of ether oxygens (including phenoxy) is 1. The summed E-state index contributed by atoms with van der Waals surface area (Å²) in [4.78, 5) is 41.7. The smallest absolute Gasteiger partial charge is 0.338 e. The third kappa shape index (κ3) is 4.24. The lowest BCUT2D eigenvalue weighted by molar-refractivity contribution is 0.0525. The van der Waals surface area contributed by atoms with Crippen LogP contribution in [0.1, 0.15) is 49.1 Å². The second kappa shape index (κ2) is 9.50. The van der Waals surface area contributed by atoms with Crippen molar-refractivity contribution in [3.8, 4) is 0 Å². The van der Waals surface area contributed by atoms with Crippen molar-refractivity contribution in [3.05, 3.63) is 101 Å².